The molecule has 1 amide bonds. The van der Waals surface area contributed by atoms with Gasteiger partial charge in [0.1, 0.15) is 6.04 Å². The van der Waals surface area contributed by atoms with Crippen LogP contribution in [0.5, 0.6) is 0 Å². The van der Waals surface area contributed by atoms with E-state index >= 15 is 0 Å². The number of carbonyl (C=O) groups excluding carboxylic acids is 1. The van der Waals surface area contributed by atoms with Gasteiger partial charge in [-0.1, -0.05) is 34.3 Å². The van der Waals surface area contributed by atoms with Gasteiger partial charge in [-0.2, -0.15) is 0 Å². The molecule has 154 valence electrons. The van der Waals surface area contributed by atoms with Gasteiger partial charge in [-0.05, 0) is 43.5 Å². The maximum Gasteiger partial charge on any atom is 0.264 e. The van der Waals surface area contributed by atoms with E-state index in [2.05, 4.69) is 4.90 Å². The fraction of sp³-hybridized carbons (Fsp3) is 0.381. The van der Waals surface area contributed by atoms with Gasteiger partial charge >= 0.3 is 0 Å². The molecule has 0 spiro atoms. The predicted octanol–water partition coefficient (Wildman–Crippen LogP) is 2.69. The molecule has 0 aliphatic carbocycles. The molecule has 0 N–H and O–H groups in total. The molecule has 0 unspecified atom stereocenters. The molecule has 1 fully saturated rings. The lowest BCUT2D eigenvalue weighted by molar-refractivity contribution is -0.120. The van der Waals surface area contributed by atoms with Gasteiger partial charge in [0.05, 0.1) is 29.9 Å². The van der Waals surface area contributed by atoms with Crippen molar-refractivity contribution in [1.82, 2.24) is 4.47 Å². The van der Waals surface area contributed by atoms with E-state index in [4.69, 9.17) is 4.84 Å². The number of sulfonamides is 1. The summed E-state index contributed by atoms with van der Waals surface area (Å²) in [5.41, 5.74) is 3.68. The van der Waals surface area contributed by atoms with Gasteiger partial charge < -0.3 is 9.80 Å². The third-order valence-electron chi connectivity index (χ3n) is 5.71. The van der Waals surface area contributed by atoms with Crippen LogP contribution in [0.2, 0.25) is 0 Å². The van der Waals surface area contributed by atoms with Crippen molar-refractivity contribution >= 4 is 27.3 Å². The first-order chi connectivity index (χ1) is 13.8. The second-order valence-corrected chi connectivity index (χ2v) is 9.45. The zero-order valence-corrected chi connectivity index (χ0v) is 17.6. The SMILES string of the molecule is CON(C)S(=O)(=O)c1ccc2c(c1)N(Cc1ccc(C)cc1)C(=O)[C@H]1CCCN21. The average molecular weight is 416 g/mol. The van der Waals surface area contributed by atoms with E-state index in [9.17, 15) is 13.2 Å². The normalized spacial score (nSPS) is 18.9. The minimum absolute atomic E-state index is 0.0187. The molecule has 0 radical (unpaired) electrons. The maximum absolute atomic E-state index is 13.3. The number of rotatable bonds is 5. The molecule has 0 saturated carbocycles. The Labute approximate surface area is 171 Å². The molecule has 8 heteroatoms. The maximum atomic E-state index is 13.3. The molecular formula is C21H25N3O4S. The molecule has 2 heterocycles. The topological polar surface area (TPSA) is 70.2 Å². The van der Waals surface area contributed by atoms with Crippen LogP contribution in [0, 0.1) is 6.92 Å². The van der Waals surface area contributed by atoms with Crippen molar-refractivity contribution in [3.63, 3.8) is 0 Å². The van der Waals surface area contributed by atoms with Crippen molar-refractivity contribution in [2.75, 3.05) is 30.5 Å². The summed E-state index contributed by atoms with van der Waals surface area (Å²) in [6.07, 6.45) is 1.76. The summed E-state index contributed by atoms with van der Waals surface area (Å²) in [6.45, 7) is 3.22. The summed E-state index contributed by atoms with van der Waals surface area (Å²) in [4.78, 5) is 22.1. The van der Waals surface area contributed by atoms with Crippen molar-refractivity contribution < 1.29 is 18.0 Å². The molecule has 0 bridgehead atoms. The second kappa shape index (κ2) is 7.44. The Morgan fingerprint density at radius 1 is 1.14 bits per heavy atom. The fourth-order valence-corrected chi connectivity index (χ4v) is 5.01. The number of hydroxylamine groups is 1. The smallest absolute Gasteiger partial charge is 0.264 e. The fourth-order valence-electron chi connectivity index (χ4n) is 4.02. The van der Waals surface area contributed by atoms with Crippen LogP contribution in [-0.4, -0.2) is 45.5 Å². The van der Waals surface area contributed by atoms with E-state index in [0.29, 0.717) is 12.2 Å². The van der Waals surface area contributed by atoms with E-state index in [0.717, 1.165) is 40.7 Å². The first-order valence-electron chi connectivity index (χ1n) is 9.63. The number of fused-ring (bicyclic) bond motifs is 3. The van der Waals surface area contributed by atoms with Gasteiger partial charge in [-0.25, -0.2) is 8.42 Å². The first kappa shape index (κ1) is 19.9. The molecule has 2 aliphatic heterocycles. The lowest BCUT2D eigenvalue weighted by Gasteiger charge is -2.40. The zero-order valence-electron chi connectivity index (χ0n) is 16.8. The Balaban J connectivity index is 1.80. The highest BCUT2D eigenvalue weighted by atomic mass is 32.2. The van der Waals surface area contributed by atoms with E-state index < -0.39 is 10.0 Å². The minimum Gasteiger partial charge on any atom is -0.358 e. The summed E-state index contributed by atoms with van der Waals surface area (Å²) < 4.78 is 26.3. The number of aryl methyl sites for hydroxylation is 1. The van der Waals surface area contributed by atoms with Gasteiger partial charge in [-0.15, -0.1) is 0 Å². The van der Waals surface area contributed by atoms with Gasteiger partial charge in [0.15, 0.2) is 0 Å². The van der Waals surface area contributed by atoms with Crippen LogP contribution in [0.4, 0.5) is 11.4 Å². The Morgan fingerprint density at radius 3 is 2.55 bits per heavy atom. The number of nitrogens with zero attached hydrogens (tertiary/aromatic N) is 3. The second-order valence-electron chi connectivity index (χ2n) is 7.51. The van der Waals surface area contributed by atoms with Crippen LogP contribution in [0.15, 0.2) is 47.4 Å². The summed E-state index contributed by atoms with van der Waals surface area (Å²) in [6, 6.07) is 12.8. The molecule has 2 aromatic carbocycles. The van der Waals surface area contributed by atoms with Crippen LogP contribution in [0.3, 0.4) is 0 Å². The number of hydrogen-bond acceptors (Lipinski definition) is 5. The van der Waals surface area contributed by atoms with E-state index in [1.165, 1.54) is 14.2 Å². The van der Waals surface area contributed by atoms with Crippen molar-refractivity contribution in [2.45, 2.75) is 37.2 Å². The Kier molecular flexibility index (Phi) is 5.10. The van der Waals surface area contributed by atoms with Crippen LogP contribution in [0.1, 0.15) is 24.0 Å². The largest absolute Gasteiger partial charge is 0.358 e. The molecule has 1 atom stereocenters. The number of hydrogen-bond donors (Lipinski definition) is 0. The van der Waals surface area contributed by atoms with E-state index in [-0.39, 0.29) is 16.8 Å². The Bertz CT molecular complexity index is 1040. The van der Waals surface area contributed by atoms with Crippen molar-refractivity contribution in [3.8, 4) is 0 Å². The standard InChI is InChI=1S/C21H25N3O4S/c1-15-6-8-16(9-7-15)14-24-20-13-17(29(26,27)22(2)28-3)10-11-18(20)23-12-4-5-19(23)21(24)25/h6-11,13,19H,4-5,12,14H2,1-3H3/t19-/m1/s1. The van der Waals surface area contributed by atoms with E-state index in [1.807, 2.05) is 31.2 Å². The highest BCUT2D eigenvalue weighted by Crippen LogP contribution is 2.42. The molecule has 2 aliphatic rings. The van der Waals surface area contributed by atoms with Gasteiger partial charge in [0.25, 0.3) is 10.0 Å². The zero-order chi connectivity index (χ0) is 20.8. The number of carbonyl (C=O) groups is 1. The van der Waals surface area contributed by atoms with Crippen molar-refractivity contribution in [2.24, 2.45) is 0 Å². The highest BCUT2D eigenvalue weighted by molar-refractivity contribution is 7.89. The number of anilines is 2. The molecule has 2 aromatic rings. The molecule has 7 nitrogen and oxygen atoms in total. The molecular weight excluding hydrogens is 390 g/mol. The molecule has 0 aromatic heterocycles. The lowest BCUT2D eigenvalue weighted by Crippen LogP contribution is -2.50. The van der Waals surface area contributed by atoms with Crippen LogP contribution < -0.4 is 9.80 Å². The summed E-state index contributed by atoms with van der Waals surface area (Å²) >= 11 is 0. The van der Waals surface area contributed by atoms with Crippen LogP contribution in [-0.2, 0) is 26.2 Å². The first-order valence-corrected chi connectivity index (χ1v) is 11.1. The van der Waals surface area contributed by atoms with Gasteiger partial charge in [0, 0.05) is 13.6 Å². The molecule has 29 heavy (non-hydrogen) atoms. The van der Waals surface area contributed by atoms with Gasteiger partial charge in [0.2, 0.25) is 5.91 Å². The molecule has 4 rings (SSSR count). The quantitative estimate of drug-likeness (QED) is 0.703. The Morgan fingerprint density at radius 2 is 1.86 bits per heavy atom. The Hall–Kier alpha value is -2.42. The summed E-state index contributed by atoms with van der Waals surface area (Å²) in [7, 11) is -1.16. The van der Waals surface area contributed by atoms with Crippen molar-refractivity contribution in [1.29, 1.82) is 0 Å². The summed E-state index contributed by atoms with van der Waals surface area (Å²) in [5, 5.41) is 0. The third kappa shape index (κ3) is 3.41. The molecule has 1 saturated heterocycles. The van der Waals surface area contributed by atoms with E-state index in [1.54, 1.807) is 23.1 Å². The average Bonchev–Trinajstić information content (AvgIpc) is 3.21. The third-order valence-corrected chi connectivity index (χ3v) is 7.38. The van der Waals surface area contributed by atoms with Gasteiger partial charge in [-0.3, -0.25) is 9.63 Å². The highest BCUT2D eigenvalue weighted by Gasteiger charge is 2.41. The monoisotopic (exact) mass is 415 g/mol. The van der Waals surface area contributed by atoms with Crippen LogP contribution >= 0.6 is 0 Å². The number of amides is 1. The predicted molar refractivity (Wildman–Crippen MR) is 111 cm³/mol. The lowest BCUT2D eigenvalue weighted by atomic mass is 10.0. The summed E-state index contributed by atoms with van der Waals surface area (Å²) in [5.74, 6) is 0.0187. The number of benzene rings is 2. The minimum atomic E-state index is -3.81. The van der Waals surface area contributed by atoms with Crippen LogP contribution in [0.25, 0.3) is 0 Å². The van der Waals surface area contributed by atoms with Crippen molar-refractivity contribution in [3.05, 3.63) is 53.6 Å².